The van der Waals surface area contributed by atoms with Crippen LogP contribution in [0.15, 0.2) is 34.1 Å². The second kappa shape index (κ2) is 7.38. The van der Waals surface area contributed by atoms with Gasteiger partial charge in [0.2, 0.25) is 0 Å². The highest BCUT2D eigenvalue weighted by molar-refractivity contribution is 7.99. The van der Waals surface area contributed by atoms with E-state index in [1.807, 2.05) is 0 Å². The Kier molecular flexibility index (Phi) is 6.04. The fourth-order valence-electron chi connectivity index (χ4n) is 1.71. The van der Waals surface area contributed by atoms with Gasteiger partial charge in [-0.2, -0.15) is 0 Å². The van der Waals surface area contributed by atoms with Crippen molar-refractivity contribution in [3.8, 4) is 0 Å². The van der Waals surface area contributed by atoms with E-state index in [1.165, 1.54) is 11.8 Å². The highest BCUT2D eigenvalue weighted by Crippen LogP contribution is 2.41. The molecular weight excluding hydrogens is 380 g/mol. The summed E-state index contributed by atoms with van der Waals surface area (Å²) in [5, 5.41) is 0.860. The molecule has 0 aliphatic heterocycles. The molecular formula is C14H8Cl4F2S. The summed E-state index contributed by atoms with van der Waals surface area (Å²) in [5.74, 6) is 0. The lowest BCUT2D eigenvalue weighted by Gasteiger charge is -2.13. The number of rotatable bonds is 4. The van der Waals surface area contributed by atoms with E-state index < -0.39 is 13.3 Å². The van der Waals surface area contributed by atoms with Crippen molar-refractivity contribution in [2.75, 3.05) is 0 Å². The number of alkyl halides is 2. The third kappa shape index (κ3) is 3.59. The van der Waals surface area contributed by atoms with Crippen LogP contribution in [0.3, 0.4) is 0 Å². The minimum absolute atomic E-state index is 0.158. The zero-order chi connectivity index (χ0) is 15.6. The van der Waals surface area contributed by atoms with Gasteiger partial charge in [0.25, 0.3) is 0 Å². The quantitative estimate of drug-likeness (QED) is 0.526. The molecule has 0 atom stereocenters. The molecule has 21 heavy (non-hydrogen) atoms. The van der Waals surface area contributed by atoms with Gasteiger partial charge in [-0.3, -0.25) is 0 Å². The zero-order valence-corrected chi connectivity index (χ0v) is 14.2. The first-order chi connectivity index (χ1) is 9.99. The summed E-state index contributed by atoms with van der Waals surface area (Å²) in [6.45, 7) is -1.54. The van der Waals surface area contributed by atoms with E-state index in [1.54, 1.807) is 24.3 Å². The van der Waals surface area contributed by atoms with Crippen molar-refractivity contribution in [3.63, 3.8) is 0 Å². The van der Waals surface area contributed by atoms with Crippen LogP contribution in [0.4, 0.5) is 8.78 Å². The minimum atomic E-state index is -0.770. The van der Waals surface area contributed by atoms with Crippen LogP contribution in [-0.4, -0.2) is 0 Å². The van der Waals surface area contributed by atoms with Gasteiger partial charge in [0.15, 0.2) is 0 Å². The smallest absolute Gasteiger partial charge is 0.117 e. The molecule has 7 heteroatoms. The van der Waals surface area contributed by atoms with Crippen molar-refractivity contribution in [3.05, 3.63) is 55.5 Å². The average Bonchev–Trinajstić information content (AvgIpc) is 2.47. The lowest BCUT2D eigenvalue weighted by atomic mass is 10.2. The molecule has 0 saturated carbocycles. The van der Waals surface area contributed by atoms with Gasteiger partial charge in [0.1, 0.15) is 13.3 Å². The van der Waals surface area contributed by atoms with Gasteiger partial charge in [0, 0.05) is 20.9 Å². The van der Waals surface area contributed by atoms with Crippen molar-refractivity contribution in [1.82, 2.24) is 0 Å². The van der Waals surface area contributed by atoms with E-state index in [2.05, 4.69) is 0 Å². The first-order valence-corrected chi connectivity index (χ1v) is 8.06. The van der Waals surface area contributed by atoms with Crippen LogP contribution in [0.25, 0.3) is 0 Å². The molecule has 112 valence electrons. The summed E-state index contributed by atoms with van der Waals surface area (Å²) in [6.07, 6.45) is 0. The van der Waals surface area contributed by atoms with E-state index in [0.717, 1.165) is 0 Å². The van der Waals surface area contributed by atoms with Gasteiger partial charge in [-0.1, -0.05) is 58.2 Å². The molecule has 0 aliphatic rings. The molecule has 0 saturated heterocycles. The molecule has 2 rings (SSSR count). The highest BCUT2D eigenvalue weighted by Gasteiger charge is 2.16. The van der Waals surface area contributed by atoms with Gasteiger partial charge >= 0.3 is 0 Å². The Labute approximate surface area is 145 Å². The van der Waals surface area contributed by atoms with E-state index in [-0.39, 0.29) is 31.2 Å². The Bertz CT molecular complexity index is 619. The Balaban J connectivity index is 2.48. The number of hydrogen-bond donors (Lipinski definition) is 0. The predicted molar refractivity (Wildman–Crippen MR) is 86.7 cm³/mol. The molecule has 2 aromatic carbocycles. The number of hydrogen-bond acceptors (Lipinski definition) is 1. The summed E-state index contributed by atoms with van der Waals surface area (Å²) in [7, 11) is 0. The van der Waals surface area contributed by atoms with Crippen LogP contribution in [-0.2, 0) is 13.3 Å². The molecule has 0 radical (unpaired) electrons. The normalized spacial score (nSPS) is 11.0. The molecule has 0 N–H and O–H groups in total. The Morgan fingerprint density at radius 1 is 0.714 bits per heavy atom. The van der Waals surface area contributed by atoms with Crippen LogP contribution < -0.4 is 0 Å². The van der Waals surface area contributed by atoms with Crippen molar-refractivity contribution in [2.24, 2.45) is 0 Å². The molecule has 0 unspecified atom stereocenters. The third-order valence-corrected chi connectivity index (χ3v) is 5.69. The summed E-state index contributed by atoms with van der Waals surface area (Å²) in [6, 6.07) is 6.41. The summed E-state index contributed by atoms with van der Waals surface area (Å²) in [4.78, 5) is 1.11. The van der Waals surface area contributed by atoms with Crippen LogP contribution in [0.1, 0.15) is 11.1 Å². The second-order valence-electron chi connectivity index (χ2n) is 4.05. The lowest BCUT2D eigenvalue weighted by Crippen LogP contribution is -1.91. The molecule has 0 nitrogen and oxygen atoms in total. The number of halogens is 6. The standard InChI is InChI=1S/C14H8Cl4F2S/c15-9-1-3-11(7(5-19)13(9)17)21-12-4-2-10(16)14(18)8(12)6-20/h1-4H,5-6H2. The average molecular weight is 388 g/mol. The van der Waals surface area contributed by atoms with E-state index >= 15 is 0 Å². The van der Waals surface area contributed by atoms with Gasteiger partial charge < -0.3 is 0 Å². The molecule has 2 aromatic rings. The van der Waals surface area contributed by atoms with Gasteiger partial charge in [0.05, 0.1) is 20.1 Å². The van der Waals surface area contributed by atoms with Crippen molar-refractivity contribution < 1.29 is 8.78 Å². The summed E-state index contributed by atoms with van der Waals surface area (Å²) < 4.78 is 26.4. The van der Waals surface area contributed by atoms with Gasteiger partial charge in [-0.15, -0.1) is 0 Å². The molecule has 0 aromatic heterocycles. The maximum Gasteiger partial charge on any atom is 0.117 e. The fourth-order valence-corrected chi connectivity index (χ4v) is 3.67. The highest BCUT2D eigenvalue weighted by atomic mass is 35.5. The molecule has 0 spiro atoms. The molecule has 0 amide bonds. The van der Waals surface area contributed by atoms with E-state index in [9.17, 15) is 8.78 Å². The van der Waals surface area contributed by atoms with Gasteiger partial charge in [-0.05, 0) is 24.3 Å². The topological polar surface area (TPSA) is 0 Å². The maximum atomic E-state index is 13.2. The molecule has 0 fully saturated rings. The lowest BCUT2D eigenvalue weighted by molar-refractivity contribution is 0.479. The minimum Gasteiger partial charge on any atom is -0.246 e. The molecule has 0 aliphatic carbocycles. The monoisotopic (exact) mass is 386 g/mol. The largest absolute Gasteiger partial charge is 0.246 e. The Hall–Kier alpha value is -0.190. The Morgan fingerprint density at radius 2 is 1.10 bits per heavy atom. The van der Waals surface area contributed by atoms with Crippen molar-refractivity contribution in [2.45, 2.75) is 23.1 Å². The second-order valence-corrected chi connectivity index (χ2v) is 6.70. The first-order valence-electron chi connectivity index (χ1n) is 5.73. The van der Waals surface area contributed by atoms with Crippen molar-refractivity contribution >= 4 is 58.2 Å². The maximum absolute atomic E-state index is 13.2. The van der Waals surface area contributed by atoms with Gasteiger partial charge in [-0.25, -0.2) is 8.78 Å². The third-order valence-electron chi connectivity index (χ3n) is 2.79. The zero-order valence-electron chi connectivity index (χ0n) is 10.4. The Morgan fingerprint density at radius 3 is 1.43 bits per heavy atom. The predicted octanol–water partition coefficient (Wildman–Crippen LogP) is 7.39. The van der Waals surface area contributed by atoms with Crippen molar-refractivity contribution in [1.29, 1.82) is 0 Å². The van der Waals surface area contributed by atoms with Crippen LogP contribution in [0.2, 0.25) is 20.1 Å². The first kappa shape index (κ1) is 17.2. The SMILES string of the molecule is FCc1c(Sc2ccc(Cl)c(Cl)c2CF)ccc(Cl)c1Cl. The van der Waals surface area contributed by atoms with Crippen LogP contribution in [0, 0.1) is 0 Å². The summed E-state index contributed by atoms with van der Waals surface area (Å²) in [5.41, 5.74) is 0.537. The summed E-state index contributed by atoms with van der Waals surface area (Å²) >= 11 is 24.9. The van der Waals surface area contributed by atoms with Crippen LogP contribution in [0.5, 0.6) is 0 Å². The molecule has 0 bridgehead atoms. The fraction of sp³-hybridized carbons (Fsp3) is 0.143. The molecule has 0 heterocycles. The van der Waals surface area contributed by atoms with E-state index in [4.69, 9.17) is 46.4 Å². The van der Waals surface area contributed by atoms with Crippen LogP contribution >= 0.6 is 58.2 Å². The van der Waals surface area contributed by atoms with E-state index in [0.29, 0.717) is 9.79 Å². The number of benzene rings is 2.